The third-order valence-corrected chi connectivity index (χ3v) is 3.46. The zero-order valence-corrected chi connectivity index (χ0v) is 13.0. The number of aromatic amines is 1. The van der Waals surface area contributed by atoms with E-state index in [1.54, 1.807) is 18.5 Å². The molecule has 0 bridgehead atoms. The summed E-state index contributed by atoms with van der Waals surface area (Å²) in [5.41, 5.74) is 3.50. The molecule has 0 aliphatic rings. The number of nitrogens with one attached hydrogen (secondary N) is 2. The number of carbonyl (C=O) groups excluding carboxylic acids is 1. The fourth-order valence-corrected chi connectivity index (χ4v) is 2.24. The Bertz CT molecular complexity index is 826. The van der Waals surface area contributed by atoms with Crippen LogP contribution in [0.5, 0.6) is 5.75 Å². The molecule has 0 aliphatic heterocycles. The van der Waals surface area contributed by atoms with Gasteiger partial charge >= 0.3 is 0 Å². The van der Waals surface area contributed by atoms with E-state index in [1.807, 2.05) is 19.1 Å². The number of imidazole rings is 1. The molecule has 0 spiro atoms. The van der Waals surface area contributed by atoms with E-state index in [9.17, 15) is 9.18 Å². The first-order valence-electron chi connectivity index (χ1n) is 7.40. The van der Waals surface area contributed by atoms with E-state index < -0.39 is 0 Å². The molecule has 6 heteroatoms. The van der Waals surface area contributed by atoms with E-state index >= 15 is 0 Å². The van der Waals surface area contributed by atoms with E-state index in [1.165, 1.54) is 24.3 Å². The topological polar surface area (TPSA) is 67.0 Å². The highest BCUT2D eigenvalue weighted by molar-refractivity contribution is 5.92. The molecule has 0 radical (unpaired) electrons. The van der Waals surface area contributed by atoms with Gasteiger partial charge in [-0.05, 0) is 43.3 Å². The third-order valence-electron chi connectivity index (χ3n) is 3.46. The summed E-state index contributed by atoms with van der Waals surface area (Å²) in [4.78, 5) is 19.2. The summed E-state index contributed by atoms with van der Waals surface area (Å²) >= 11 is 0. The van der Waals surface area contributed by atoms with Crippen LogP contribution in [-0.2, 0) is 4.79 Å². The maximum atomic E-state index is 12.8. The number of ether oxygens (including phenoxy) is 1. The van der Waals surface area contributed by atoms with Gasteiger partial charge in [-0.15, -0.1) is 0 Å². The highest BCUT2D eigenvalue weighted by Crippen LogP contribution is 2.21. The van der Waals surface area contributed by atoms with Gasteiger partial charge in [0.2, 0.25) is 0 Å². The largest absolute Gasteiger partial charge is 0.484 e. The zero-order chi connectivity index (χ0) is 16.9. The highest BCUT2D eigenvalue weighted by atomic mass is 19.1. The van der Waals surface area contributed by atoms with Gasteiger partial charge in [0.25, 0.3) is 5.91 Å². The summed E-state index contributed by atoms with van der Waals surface area (Å²) in [5, 5.41) is 2.74. The van der Waals surface area contributed by atoms with Gasteiger partial charge in [-0.2, -0.15) is 0 Å². The Labute approximate surface area is 138 Å². The Kier molecular flexibility index (Phi) is 4.56. The SMILES string of the molecule is Cc1[nH]cnc1-c1ccc(NC(=O)COc2ccc(F)cc2)cc1. The second-order valence-corrected chi connectivity index (χ2v) is 5.24. The van der Waals surface area contributed by atoms with E-state index in [0.717, 1.165) is 17.0 Å². The number of aromatic nitrogens is 2. The standard InChI is InChI=1S/C18H16FN3O2/c1-12-18(21-11-20-12)13-2-6-15(7-3-13)22-17(23)10-24-16-8-4-14(19)5-9-16/h2-9,11H,10H2,1H3,(H,20,21)(H,22,23). The lowest BCUT2D eigenvalue weighted by Gasteiger charge is -2.08. The van der Waals surface area contributed by atoms with Crippen LogP contribution in [0.25, 0.3) is 11.3 Å². The number of rotatable bonds is 5. The molecule has 2 aromatic carbocycles. The molecule has 0 aliphatic carbocycles. The molecule has 0 fully saturated rings. The second kappa shape index (κ2) is 6.95. The lowest BCUT2D eigenvalue weighted by molar-refractivity contribution is -0.118. The van der Waals surface area contributed by atoms with Crippen LogP contribution in [0.3, 0.4) is 0 Å². The third kappa shape index (κ3) is 3.78. The first-order chi connectivity index (χ1) is 11.6. The van der Waals surface area contributed by atoms with Crippen LogP contribution in [0, 0.1) is 12.7 Å². The van der Waals surface area contributed by atoms with Crippen LogP contribution in [-0.4, -0.2) is 22.5 Å². The first-order valence-corrected chi connectivity index (χ1v) is 7.40. The molecule has 1 amide bonds. The summed E-state index contributed by atoms with van der Waals surface area (Å²) < 4.78 is 18.1. The molecule has 0 atom stereocenters. The minimum Gasteiger partial charge on any atom is -0.484 e. The average molecular weight is 325 g/mol. The van der Waals surface area contributed by atoms with Crippen LogP contribution in [0.1, 0.15) is 5.69 Å². The van der Waals surface area contributed by atoms with Crippen LogP contribution in [0.4, 0.5) is 10.1 Å². The fourth-order valence-electron chi connectivity index (χ4n) is 2.24. The van der Waals surface area contributed by atoms with Crippen molar-refractivity contribution in [2.75, 3.05) is 11.9 Å². The van der Waals surface area contributed by atoms with E-state index in [4.69, 9.17) is 4.74 Å². The number of halogens is 1. The van der Waals surface area contributed by atoms with E-state index in [0.29, 0.717) is 11.4 Å². The normalized spacial score (nSPS) is 10.4. The fraction of sp³-hybridized carbons (Fsp3) is 0.111. The predicted octanol–water partition coefficient (Wildman–Crippen LogP) is 3.54. The number of carbonyl (C=O) groups is 1. The minimum atomic E-state index is -0.348. The monoisotopic (exact) mass is 325 g/mol. The van der Waals surface area contributed by atoms with Crippen molar-refractivity contribution in [1.82, 2.24) is 9.97 Å². The van der Waals surface area contributed by atoms with Gasteiger partial charge < -0.3 is 15.0 Å². The van der Waals surface area contributed by atoms with Crippen molar-refractivity contribution < 1.29 is 13.9 Å². The van der Waals surface area contributed by atoms with E-state index in [-0.39, 0.29) is 18.3 Å². The van der Waals surface area contributed by atoms with Gasteiger partial charge in [0.1, 0.15) is 11.6 Å². The summed E-state index contributed by atoms with van der Waals surface area (Å²) in [5.74, 6) is -0.196. The number of H-pyrrole nitrogens is 1. The van der Waals surface area contributed by atoms with Crippen molar-refractivity contribution >= 4 is 11.6 Å². The number of nitrogens with zero attached hydrogens (tertiary/aromatic N) is 1. The highest BCUT2D eigenvalue weighted by Gasteiger charge is 2.07. The molecule has 3 aromatic rings. The summed E-state index contributed by atoms with van der Waals surface area (Å²) in [6.45, 7) is 1.80. The summed E-state index contributed by atoms with van der Waals surface area (Å²) in [6.07, 6.45) is 1.65. The van der Waals surface area contributed by atoms with Crippen molar-refractivity contribution in [3.8, 4) is 17.0 Å². The van der Waals surface area contributed by atoms with Crippen molar-refractivity contribution in [3.05, 3.63) is 66.4 Å². The smallest absolute Gasteiger partial charge is 0.262 e. The number of benzene rings is 2. The molecule has 122 valence electrons. The van der Waals surface area contributed by atoms with Crippen LogP contribution in [0.2, 0.25) is 0 Å². The van der Waals surface area contributed by atoms with Crippen LogP contribution < -0.4 is 10.1 Å². The Balaban J connectivity index is 1.56. The number of hydrogen-bond donors (Lipinski definition) is 2. The van der Waals surface area contributed by atoms with Gasteiger partial charge in [0, 0.05) is 16.9 Å². The molecule has 0 unspecified atom stereocenters. The van der Waals surface area contributed by atoms with Gasteiger partial charge in [0.15, 0.2) is 6.61 Å². The summed E-state index contributed by atoms with van der Waals surface area (Å²) in [7, 11) is 0. The molecule has 0 saturated carbocycles. The van der Waals surface area contributed by atoms with Crippen LogP contribution in [0.15, 0.2) is 54.9 Å². The van der Waals surface area contributed by atoms with Crippen molar-refractivity contribution in [3.63, 3.8) is 0 Å². The number of amides is 1. The van der Waals surface area contributed by atoms with Crippen molar-refractivity contribution in [1.29, 1.82) is 0 Å². The lowest BCUT2D eigenvalue weighted by atomic mass is 10.1. The molecule has 1 heterocycles. The molecular formula is C18H16FN3O2. The molecule has 0 saturated heterocycles. The van der Waals surface area contributed by atoms with Crippen LogP contribution >= 0.6 is 0 Å². The second-order valence-electron chi connectivity index (χ2n) is 5.24. The maximum absolute atomic E-state index is 12.8. The minimum absolute atomic E-state index is 0.147. The molecule has 2 N–H and O–H groups in total. The summed E-state index contributed by atoms with van der Waals surface area (Å²) in [6, 6.07) is 12.9. The van der Waals surface area contributed by atoms with E-state index in [2.05, 4.69) is 15.3 Å². The average Bonchev–Trinajstić information content (AvgIpc) is 3.01. The molecule has 3 rings (SSSR count). The Morgan fingerprint density at radius 1 is 1.17 bits per heavy atom. The maximum Gasteiger partial charge on any atom is 0.262 e. The Hall–Kier alpha value is -3.15. The molecular weight excluding hydrogens is 309 g/mol. The van der Waals surface area contributed by atoms with Crippen molar-refractivity contribution in [2.45, 2.75) is 6.92 Å². The van der Waals surface area contributed by atoms with Gasteiger partial charge in [-0.1, -0.05) is 12.1 Å². The molecule has 1 aromatic heterocycles. The Morgan fingerprint density at radius 3 is 2.50 bits per heavy atom. The predicted molar refractivity (Wildman–Crippen MR) is 89.3 cm³/mol. The lowest BCUT2D eigenvalue weighted by Crippen LogP contribution is -2.20. The number of aryl methyl sites for hydroxylation is 1. The zero-order valence-electron chi connectivity index (χ0n) is 13.0. The Morgan fingerprint density at radius 2 is 1.88 bits per heavy atom. The van der Waals surface area contributed by atoms with Gasteiger partial charge in [0.05, 0.1) is 12.0 Å². The quantitative estimate of drug-likeness (QED) is 0.754. The molecule has 5 nitrogen and oxygen atoms in total. The number of anilines is 1. The number of hydrogen-bond acceptors (Lipinski definition) is 3. The first kappa shape index (κ1) is 15.7. The van der Waals surface area contributed by atoms with Gasteiger partial charge in [-0.3, -0.25) is 4.79 Å². The van der Waals surface area contributed by atoms with Gasteiger partial charge in [-0.25, -0.2) is 9.37 Å². The molecule has 24 heavy (non-hydrogen) atoms. The van der Waals surface area contributed by atoms with Crippen molar-refractivity contribution in [2.24, 2.45) is 0 Å².